The summed E-state index contributed by atoms with van der Waals surface area (Å²) in [6, 6.07) is 8.53. The van der Waals surface area contributed by atoms with Gasteiger partial charge in [0.1, 0.15) is 0 Å². The van der Waals surface area contributed by atoms with E-state index in [-0.39, 0.29) is 11.5 Å². The largest absolute Gasteiger partial charge is 0.380 e. The van der Waals surface area contributed by atoms with E-state index in [0.717, 1.165) is 17.2 Å². The van der Waals surface area contributed by atoms with E-state index in [1.807, 2.05) is 24.3 Å². The lowest BCUT2D eigenvalue weighted by Crippen LogP contribution is -2.45. The Morgan fingerprint density at radius 1 is 1.05 bits per heavy atom. The third kappa shape index (κ3) is 2.71. The van der Waals surface area contributed by atoms with Gasteiger partial charge in [-0.05, 0) is 31.2 Å². The molecule has 1 aliphatic heterocycles. The van der Waals surface area contributed by atoms with Crippen LogP contribution >= 0.6 is 0 Å². The molecule has 0 N–H and O–H groups in total. The highest BCUT2D eigenvalue weighted by Crippen LogP contribution is 2.34. The summed E-state index contributed by atoms with van der Waals surface area (Å²) in [5.41, 5.74) is 3.34. The highest BCUT2D eigenvalue weighted by Gasteiger charge is 2.36. The zero-order chi connectivity index (χ0) is 15.7. The number of anilines is 1. The Morgan fingerprint density at radius 2 is 1.77 bits per heavy atom. The number of hydrogen-bond donors (Lipinski definition) is 0. The number of rotatable bonds is 1. The van der Waals surface area contributed by atoms with Crippen LogP contribution in [-0.4, -0.2) is 11.9 Å². The summed E-state index contributed by atoms with van der Waals surface area (Å²) in [5.74, 6) is 0.919. The van der Waals surface area contributed by atoms with Crippen molar-refractivity contribution in [2.24, 2.45) is 10.6 Å². The van der Waals surface area contributed by atoms with Gasteiger partial charge in [0.2, 0.25) is 0 Å². The summed E-state index contributed by atoms with van der Waals surface area (Å²) in [6.45, 7) is 8.56. The van der Waals surface area contributed by atoms with Crippen molar-refractivity contribution >= 4 is 11.5 Å². The van der Waals surface area contributed by atoms with Crippen LogP contribution in [-0.2, 0) is 4.84 Å². The van der Waals surface area contributed by atoms with Crippen LogP contribution in [0.4, 0.5) is 5.69 Å². The Bertz CT molecular complexity index is 672. The molecular weight excluding hydrogens is 272 g/mol. The fourth-order valence-corrected chi connectivity index (χ4v) is 2.58. The Hall–Kier alpha value is -2.29. The molecule has 1 aromatic carbocycles. The molecule has 0 radical (unpaired) electrons. The van der Waals surface area contributed by atoms with Crippen LogP contribution in [0.2, 0.25) is 0 Å². The fourth-order valence-electron chi connectivity index (χ4n) is 2.58. The molecule has 3 nitrogen and oxygen atoms in total. The van der Waals surface area contributed by atoms with Gasteiger partial charge in [-0.1, -0.05) is 61.9 Å². The van der Waals surface area contributed by atoms with Crippen LogP contribution in [0.5, 0.6) is 0 Å². The maximum atomic E-state index is 5.73. The summed E-state index contributed by atoms with van der Waals surface area (Å²) in [4.78, 5) is 7.94. The number of aryl methyl sites for hydroxylation is 1. The molecule has 0 amide bonds. The van der Waals surface area contributed by atoms with E-state index >= 15 is 0 Å². The van der Waals surface area contributed by atoms with Crippen LogP contribution in [0.1, 0.15) is 26.3 Å². The van der Waals surface area contributed by atoms with Gasteiger partial charge in [-0.3, -0.25) is 4.90 Å². The van der Waals surface area contributed by atoms with E-state index in [4.69, 9.17) is 4.84 Å². The van der Waals surface area contributed by atoms with Crippen molar-refractivity contribution in [2.75, 3.05) is 4.90 Å². The molecule has 3 heteroatoms. The average molecular weight is 294 g/mol. The quantitative estimate of drug-likeness (QED) is 0.758. The minimum absolute atomic E-state index is 0.115. The Labute approximate surface area is 132 Å². The lowest BCUT2D eigenvalue weighted by Gasteiger charge is -2.39. The molecule has 0 aromatic heterocycles. The smallest absolute Gasteiger partial charge is 0.186 e. The van der Waals surface area contributed by atoms with Crippen molar-refractivity contribution in [3.05, 3.63) is 65.9 Å². The first kappa shape index (κ1) is 14.6. The summed E-state index contributed by atoms with van der Waals surface area (Å²) in [7, 11) is 0. The summed E-state index contributed by atoms with van der Waals surface area (Å²) in [5, 5.41) is 4.43. The number of nitrogens with zero attached hydrogens (tertiary/aromatic N) is 2. The number of hydrogen-bond acceptors (Lipinski definition) is 3. The minimum Gasteiger partial charge on any atom is -0.380 e. The topological polar surface area (TPSA) is 24.8 Å². The molecule has 1 aromatic rings. The Balaban J connectivity index is 2.13. The first-order valence-electron chi connectivity index (χ1n) is 7.63. The predicted molar refractivity (Wildman–Crippen MR) is 91.8 cm³/mol. The van der Waals surface area contributed by atoms with Gasteiger partial charge in [0.15, 0.2) is 11.9 Å². The molecule has 1 heterocycles. The maximum absolute atomic E-state index is 5.73. The third-order valence-corrected chi connectivity index (χ3v) is 3.75. The molecule has 22 heavy (non-hydrogen) atoms. The van der Waals surface area contributed by atoms with Crippen molar-refractivity contribution < 1.29 is 4.84 Å². The lowest BCUT2D eigenvalue weighted by molar-refractivity contribution is 0.104. The molecule has 0 saturated heterocycles. The third-order valence-electron chi connectivity index (χ3n) is 3.75. The minimum atomic E-state index is -0.151. The molecule has 2 aliphatic rings. The van der Waals surface area contributed by atoms with Crippen LogP contribution in [0.3, 0.4) is 0 Å². The normalized spacial score (nSPS) is 20.7. The van der Waals surface area contributed by atoms with Gasteiger partial charge in [-0.15, -0.1) is 0 Å². The SMILES string of the molecule is Cc1ccc(N2C3=CC=CC=CC3ON=C2C(C)(C)C)cc1. The van der Waals surface area contributed by atoms with E-state index in [0.29, 0.717) is 0 Å². The Kier molecular flexibility index (Phi) is 3.65. The monoisotopic (exact) mass is 294 g/mol. The Morgan fingerprint density at radius 3 is 2.45 bits per heavy atom. The van der Waals surface area contributed by atoms with E-state index in [2.05, 4.69) is 68.1 Å². The summed E-state index contributed by atoms with van der Waals surface area (Å²) in [6.07, 6.45) is 10.0. The number of fused-ring (bicyclic) bond motifs is 1. The van der Waals surface area contributed by atoms with E-state index in [1.165, 1.54) is 5.56 Å². The molecule has 1 atom stereocenters. The zero-order valence-corrected chi connectivity index (χ0v) is 13.6. The fraction of sp³-hybridized carbons (Fsp3) is 0.316. The molecule has 0 fully saturated rings. The molecule has 0 spiro atoms. The summed E-state index contributed by atoms with van der Waals surface area (Å²) < 4.78 is 0. The van der Waals surface area contributed by atoms with E-state index in [1.54, 1.807) is 0 Å². The van der Waals surface area contributed by atoms with Crippen molar-refractivity contribution in [3.8, 4) is 0 Å². The van der Waals surface area contributed by atoms with Gasteiger partial charge in [-0.25, -0.2) is 0 Å². The van der Waals surface area contributed by atoms with Crippen molar-refractivity contribution in [3.63, 3.8) is 0 Å². The summed E-state index contributed by atoms with van der Waals surface area (Å²) >= 11 is 0. The number of amidine groups is 1. The van der Waals surface area contributed by atoms with Crippen molar-refractivity contribution in [1.82, 2.24) is 0 Å². The second-order valence-corrected chi connectivity index (χ2v) is 6.72. The van der Waals surface area contributed by atoms with Crippen LogP contribution in [0, 0.1) is 12.3 Å². The molecule has 0 saturated carbocycles. The van der Waals surface area contributed by atoms with Crippen LogP contribution in [0.25, 0.3) is 0 Å². The molecule has 1 unspecified atom stereocenters. The number of benzene rings is 1. The molecule has 1 aliphatic carbocycles. The van der Waals surface area contributed by atoms with Gasteiger partial charge in [-0.2, -0.15) is 0 Å². The predicted octanol–water partition coefficient (Wildman–Crippen LogP) is 4.57. The van der Waals surface area contributed by atoms with Crippen molar-refractivity contribution in [1.29, 1.82) is 0 Å². The average Bonchev–Trinajstić information content (AvgIpc) is 2.71. The van der Waals surface area contributed by atoms with Gasteiger partial charge in [0.25, 0.3) is 0 Å². The zero-order valence-electron chi connectivity index (χ0n) is 13.6. The maximum Gasteiger partial charge on any atom is 0.186 e. The second kappa shape index (κ2) is 5.48. The molecule has 3 rings (SSSR count). The lowest BCUT2D eigenvalue weighted by atomic mass is 9.92. The molecular formula is C19H22N2O. The standard InChI is InChI=1S/C19H22N2O/c1-14-10-12-15(13-11-14)21-16-8-6-5-7-9-17(16)22-20-18(21)19(2,3)4/h5-13,17H,1-4H3. The number of allylic oxidation sites excluding steroid dienone is 4. The molecule has 0 bridgehead atoms. The second-order valence-electron chi connectivity index (χ2n) is 6.72. The van der Waals surface area contributed by atoms with Gasteiger partial charge in [0.05, 0.1) is 5.70 Å². The van der Waals surface area contributed by atoms with Gasteiger partial charge >= 0.3 is 0 Å². The van der Waals surface area contributed by atoms with Crippen molar-refractivity contribution in [2.45, 2.75) is 33.8 Å². The van der Waals surface area contributed by atoms with Gasteiger partial charge in [0, 0.05) is 11.1 Å². The number of oxime groups is 1. The first-order valence-corrected chi connectivity index (χ1v) is 7.63. The van der Waals surface area contributed by atoms with E-state index < -0.39 is 0 Å². The van der Waals surface area contributed by atoms with E-state index in [9.17, 15) is 0 Å². The highest BCUT2D eigenvalue weighted by molar-refractivity contribution is 6.04. The highest BCUT2D eigenvalue weighted by atomic mass is 16.6. The molecule has 114 valence electrons. The van der Waals surface area contributed by atoms with Crippen LogP contribution < -0.4 is 4.90 Å². The van der Waals surface area contributed by atoms with Gasteiger partial charge < -0.3 is 4.84 Å². The van der Waals surface area contributed by atoms with Crippen LogP contribution in [0.15, 0.2) is 65.5 Å². The first-order chi connectivity index (χ1) is 10.5.